The number of carbonyl (C=O) groups is 1. The van der Waals surface area contributed by atoms with Crippen LogP contribution in [0.15, 0.2) is 53.0 Å². The first-order valence-electron chi connectivity index (χ1n) is 7.34. The fraction of sp³-hybridized carbons (Fsp3) is 0.278. The third-order valence-electron chi connectivity index (χ3n) is 3.41. The summed E-state index contributed by atoms with van der Waals surface area (Å²) in [5.41, 5.74) is 2.19. The summed E-state index contributed by atoms with van der Waals surface area (Å²) in [6.45, 7) is 2.00. The SMILES string of the molecule is COc1ccc(Br)cc1CSCC(=O)N[C@H](C)c1ccccc1. The van der Waals surface area contributed by atoms with Crippen molar-refractivity contribution in [1.82, 2.24) is 5.32 Å². The minimum absolute atomic E-state index is 0.0182. The van der Waals surface area contributed by atoms with Crippen LogP contribution >= 0.6 is 27.7 Å². The second kappa shape index (κ2) is 8.99. The van der Waals surface area contributed by atoms with Gasteiger partial charge in [-0.3, -0.25) is 4.79 Å². The van der Waals surface area contributed by atoms with Crippen LogP contribution in [0.4, 0.5) is 0 Å². The van der Waals surface area contributed by atoms with E-state index in [9.17, 15) is 4.79 Å². The highest BCUT2D eigenvalue weighted by molar-refractivity contribution is 9.10. The highest BCUT2D eigenvalue weighted by atomic mass is 79.9. The smallest absolute Gasteiger partial charge is 0.230 e. The molecule has 0 bridgehead atoms. The van der Waals surface area contributed by atoms with Gasteiger partial charge in [0.1, 0.15) is 5.75 Å². The molecule has 0 radical (unpaired) electrons. The first-order chi connectivity index (χ1) is 11.1. The van der Waals surface area contributed by atoms with Crippen LogP contribution in [0.3, 0.4) is 0 Å². The number of rotatable bonds is 7. The molecule has 0 aliphatic rings. The first kappa shape index (κ1) is 17.9. The minimum atomic E-state index is 0.0182. The molecule has 3 nitrogen and oxygen atoms in total. The van der Waals surface area contributed by atoms with Gasteiger partial charge < -0.3 is 10.1 Å². The number of benzene rings is 2. The van der Waals surface area contributed by atoms with Crippen molar-refractivity contribution in [3.8, 4) is 5.75 Å². The summed E-state index contributed by atoms with van der Waals surface area (Å²) in [6, 6.07) is 15.9. The van der Waals surface area contributed by atoms with Crippen molar-refractivity contribution >= 4 is 33.6 Å². The van der Waals surface area contributed by atoms with Gasteiger partial charge in [0.2, 0.25) is 5.91 Å². The van der Waals surface area contributed by atoms with Crippen LogP contribution in [0, 0.1) is 0 Å². The number of thioether (sulfide) groups is 1. The average molecular weight is 394 g/mol. The Labute approximate surface area is 149 Å². The minimum Gasteiger partial charge on any atom is -0.496 e. The molecule has 0 saturated heterocycles. The van der Waals surface area contributed by atoms with Crippen LogP contribution in [-0.4, -0.2) is 18.8 Å². The van der Waals surface area contributed by atoms with E-state index in [4.69, 9.17) is 4.74 Å². The quantitative estimate of drug-likeness (QED) is 0.748. The summed E-state index contributed by atoms with van der Waals surface area (Å²) in [5, 5.41) is 3.02. The lowest BCUT2D eigenvalue weighted by atomic mass is 10.1. The highest BCUT2D eigenvalue weighted by Gasteiger charge is 2.10. The van der Waals surface area contributed by atoms with Gasteiger partial charge in [-0.25, -0.2) is 0 Å². The molecule has 1 amide bonds. The zero-order valence-electron chi connectivity index (χ0n) is 13.2. The van der Waals surface area contributed by atoms with E-state index < -0.39 is 0 Å². The van der Waals surface area contributed by atoms with Crippen LogP contribution in [0.5, 0.6) is 5.75 Å². The van der Waals surface area contributed by atoms with Crippen LogP contribution in [0.2, 0.25) is 0 Å². The van der Waals surface area contributed by atoms with Crippen molar-refractivity contribution in [3.63, 3.8) is 0 Å². The monoisotopic (exact) mass is 393 g/mol. The molecule has 0 aliphatic carbocycles. The number of hydrogen-bond acceptors (Lipinski definition) is 3. The Morgan fingerprint density at radius 2 is 2.00 bits per heavy atom. The molecule has 2 aromatic carbocycles. The Hall–Kier alpha value is -1.46. The van der Waals surface area contributed by atoms with E-state index in [0.29, 0.717) is 5.75 Å². The molecule has 0 fully saturated rings. The summed E-state index contributed by atoms with van der Waals surface area (Å²) in [7, 11) is 1.66. The van der Waals surface area contributed by atoms with E-state index >= 15 is 0 Å². The number of carbonyl (C=O) groups excluding carboxylic acids is 1. The van der Waals surface area contributed by atoms with E-state index in [1.807, 2.05) is 55.5 Å². The molecule has 0 spiro atoms. The molecule has 1 N–H and O–H groups in total. The molecule has 2 rings (SSSR count). The van der Waals surface area contributed by atoms with Gasteiger partial charge in [-0.2, -0.15) is 0 Å². The number of halogens is 1. The third-order valence-corrected chi connectivity index (χ3v) is 4.88. The fourth-order valence-corrected chi connectivity index (χ4v) is 3.45. The van der Waals surface area contributed by atoms with Crippen LogP contribution < -0.4 is 10.1 Å². The molecule has 23 heavy (non-hydrogen) atoms. The van der Waals surface area contributed by atoms with Crippen molar-refractivity contribution in [1.29, 1.82) is 0 Å². The van der Waals surface area contributed by atoms with Gasteiger partial charge in [-0.05, 0) is 30.7 Å². The van der Waals surface area contributed by atoms with Crippen LogP contribution in [0.25, 0.3) is 0 Å². The standard InChI is InChI=1S/C18H20BrNO2S/c1-13(14-6-4-3-5-7-14)20-18(21)12-23-11-15-10-16(19)8-9-17(15)22-2/h3-10,13H,11-12H2,1-2H3,(H,20,21)/t13-/m1/s1. The molecule has 1 atom stereocenters. The molecule has 0 aliphatic heterocycles. The van der Waals surface area contributed by atoms with Crippen molar-refractivity contribution in [2.45, 2.75) is 18.7 Å². The van der Waals surface area contributed by atoms with Crippen molar-refractivity contribution in [2.75, 3.05) is 12.9 Å². The predicted octanol–water partition coefficient (Wildman–Crippen LogP) is 4.57. The summed E-state index contributed by atoms with van der Waals surface area (Å²) < 4.78 is 6.36. The maximum atomic E-state index is 12.1. The Morgan fingerprint density at radius 1 is 1.26 bits per heavy atom. The molecular formula is C18H20BrNO2S. The Balaban J connectivity index is 1.82. The largest absolute Gasteiger partial charge is 0.496 e. The van der Waals surface area contributed by atoms with E-state index in [0.717, 1.165) is 27.1 Å². The van der Waals surface area contributed by atoms with Gasteiger partial charge in [0.15, 0.2) is 0 Å². The summed E-state index contributed by atoms with van der Waals surface area (Å²) in [5.74, 6) is 2.04. The van der Waals surface area contributed by atoms with Gasteiger partial charge in [0.25, 0.3) is 0 Å². The van der Waals surface area contributed by atoms with E-state index in [1.54, 1.807) is 18.9 Å². The van der Waals surface area contributed by atoms with E-state index in [1.165, 1.54) is 0 Å². The third kappa shape index (κ3) is 5.59. The van der Waals surface area contributed by atoms with Crippen molar-refractivity contribution < 1.29 is 9.53 Å². The predicted molar refractivity (Wildman–Crippen MR) is 99.9 cm³/mol. The zero-order valence-corrected chi connectivity index (χ0v) is 15.6. The molecule has 0 saturated carbocycles. The average Bonchev–Trinajstić information content (AvgIpc) is 2.56. The number of amides is 1. The maximum absolute atomic E-state index is 12.1. The van der Waals surface area contributed by atoms with Gasteiger partial charge in [0, 0.05) is 15.8 Å². The molecule has 0 aromatic heterocycles. The van der Waals surface area contributed by atoms with E-state index in [2.05, 4.69) is 21.2 Å². The lowest BCUT2D eigenvalue weighted by Gasteiger charge is -2.14. The van der Waals surface area contributed by atoms with Crippen molar-refractivity contribution in [3.05, 3.63) is 64.1 Å². The number of ether oxygens (including phenoxy) is 1. The second-order valence-corrected chi connectivity index (χ2v) is 7.05. The van der Waals surface area contributed by atoms with Gasteiger partial charge >= 0.3 is 0 Å². The molecule has 2 aromatic rings. The number of methoxy groups -OCH3 is 1. The van der Waals surface area contributed by atoms with Gasteiger partial charge in [0.05, 0.1) is 18.9 Å². The molecule has 0 unspecified atom stereocenters. The van der Waals surface area contributed by atoms with Crippen LogP contribution in [-0.2, 0) is 10.5 Å². The molecule has 122 valence electrons. The van der Waals surface area contributed by atoms with Gasteiger partial charge in [-0.1, -0.05) is 46.3 Å². The summed E-state index contributed by atoms with van der Waals surface area (Å²) in [4.78, 5) is 12.1. The Bertz CT molecular complexity index is 649. The first-order valence-corrected chi connectivity index (χ1v) is 9.29. The maximum Gasteiger partial charge on any atom is 0.230 e. The lowest BCUT2D eigenvalue weighted by molar-refractivity contribution is -0.119. The second-order valence-electron chi connectivity index (χ2n) is 5.15. The summed E-state index contributed by atoms with van der Waals surface area (Å²) in [6.07, 6.45) is 0. The Kier molecular flexibility index (Phi) is 6.99. The number of hydrogen-bond donors (Lipinski definition) is 1. The fourth-order valence-electron chi connectivity index (χ4n) is 2.22. The normalized spacial score (nSPS) is 11.8. The lowest BCUT2D eigenvalue weighted by Crippen LogP contribution is -2.28. The molecule has 5 heteroatoms. The van der Waals surface area contributed by atoms with Crippen LogP contribution in [0.1, 0.15) is 24.1 Å². The molecular weight excluding hydrogens is 374 g/mol. The van der Waals surface area contributed by atoms with Crippen molar-refractivity contribution in [2.24, 2.45) is 0 Å². The van der Waals surface area contributed by atoms with E-state index in [-0.39, 0.29) is 11.9 Å². The highest BCUT2D eigenvalue weighted by Crippen LogP contribution is 2.26. The topological polar surface area (TPSA) is 38.3 Å². The summed E-state index contributed by atoms with van der Waals surface area (Å²) >= 11 is 5.04. The molecule has 0 heterocycles. The zero-order chi connectivity index (χ0) is 16.7. The Morgan fingerprint density at radius 3 is 2.70 bits per heavy atom. The van der Waals surface area contributed by atoms with Gasteiger partial charge in [-0.15, -0.1) is 11.8 Å². The number of nitrogens with one attached hydrogen (secondary N) is 1.